The lowest BCUT2D eigenvalue weighted by molar-refractivity contribution is -0.131. The summed E-state index contributed by atoms with van der Waals surface area (Å²) in [7, 11) is 3.08. The van der Waals surface area contributed by atoms with Crippen molar-refractivity contribution in [2.45, 2.75) is 25.8 Å². The van der Waals surface area contributed by atoms with Gasteiger partial charge in [0.2, 0.25) is 5.91 Å². The van der Waals surface area contributed by atoms with Crippen molar-refractivity contribution in [2.24, 2.45) is 0 Å². The number of carboxylic acid groups (broad SMARTS) is 1. The summed E-state index contributed by atoms with van der Waals surface area (Å²) in [5.41, 5.74) is 6.19. The summed E-state index contributed by atoms with van der Waals surface area (Å²) >= 11 is 0. The van der Waals surface area contributed by atoms with Crippen molar-refractivity contribution in [1.29, 1.82) is 0 Å². The quantitative estimate of drug-likeness (QED) is 0.307. The second kappa shape index (κ2) is 12.6. The molecule has 0 saturated heterocycles. The van der Waals surface area contributed by atoms with Gasteiger partial charge in [0, 0.05) is 24.1 Å². The summed E-state index contributed by atoms with van der Waals surface area (Å²) in [6.45, 7) is 1.84. The smallest absolute Gasteiger partial charge is 0.328 e. The number of amides is 3. The predicted octanol–water partition coefficient (Wildman–Crippen LogP) is 1.92. The van der Waals surface area contributed by atoms with E-state index in [0.717, 1.165) is 11.6 Å². The first kappa shape index (κ1) is 25.9. The molecule has 10 heteroatoms. The van der Waals surface area contributed by atoms with Crippen LogP contribution in [0.5, 0.6) is 11.5 Å². The summed E-state index contributed by atoms with van der Waals surface area (Å²) < 4.78 is 10.6. The number of carbonyl (C=O) groups excluding carboxylic acids is 3. The molecule has 0 aliphatic heterocycles. The second-order valence-electron chi connectivity index (χ2n) is 7.18. The Morgan fingerprint density at radius 2 is 1.68 bits per heavy atom. The lowest BCUT2D eigenvalue weighted by Crippen LogP contribution is -2.41. The van der Waals surface area contributed by atoms with Crippen LogP contribution in [0, 0.1) is 0 Å². The molecule has 2 aromatic carbocycles. The molecule has 3 amide bonds. The maximum Gasteiger partial charge on any atom is 0.328 e. The zero-order chi connectivity index (χ0) is 25.1. The summed E-state index contributed by atoms with van der Waals surface area (Å²) in [5.74, 6) is -1.71. The highest BCUT2D eigenvalue weighted by Gasteiger charge is 2.17. The van der Waals surface area contributed by atoms with Gasteiger partial charge in [-0.25, -0.2) is 4.79 Å². The van der Waals surface area contributed by atoms with Crippen LogP contribution >= 0.6 is 0 Å². The van der Waals surface area contributed by atoms with Gasteiger partial charge in [-0.05, 0) is 42.7 Å². The Kier molecular flexibility index (Phi) is 9.63. The molecule has 0 aromatic heterocycles. The Balaban J connectivity index is 1.99. The number of aliphatic carboxylic acids is 1. The van der Waals surface area contributed by atoms with E-state index in [2.05, 4.69) is 16.2 Å². The molecule has 0 radical (unpaired) electrons. The number of aryl methyl sites for hydroxylation is 1. The monoisotopic (exact) mass is 469 g/mol. The minimum absolute atomic E-state index is 0.00154. The van der Waals surface area contributed by atoms with Crippen molar-refractivity contribution in [3.05, 3.63) is 71.3 Å². The minimum Gasteiger partial charge on any atom is -0.493 e. The number of hydrogen-bond donors (Lipinski definition) is 4. The SMILES string of the molecule is COc1ccc([C@@H](C)NC(=O)c2ccccc2CCC(=O)NNC(=O)C=CC(=O)O)cc1OC. The number of hydrazine groups is 1. The minimum atomic E-state index is -1.28. The van der Waals surface area contributed by atoms with Gasteiger partial charge in [0.05, 0.1) is 20.3 Å². The molecule has 2 aromatic rings. The molecule has 4 N–H and O–H groups in total. The second-order valence-corrected chi connectivity index (χ2v) is 7.18. The third kappa shape index (κ3) is 7.66. The van der Waals surface area contributed by atoms with Crippen LogP contribution in [0.2, 0.25) is 0 Å². The maximum atomic E-state index is 12.9. The van der Waals surface area contributed by atoms with E-state index in [-0.39, 0.29) is 24.8 Å². The topological polar surface area (TPSA) is 143 Å². The largest absolute Gasteiger partial charge is 0.493 e. The standard InChI is InChI=1S/C24H27N3O7/c1-15(17-8-10-19(33-2)20(14-17)34-3)25-24(32)18-7-5-4-6-16(18)9-11-21(28)26-27-22(29)12-13-23(30)31/h4-8,10,12-15H,9,11H2,1-3H3,(H,25,32)(H,26,28)(H,27,29)(H,30,31)/t15-/m1/s1. The molecule has 0 unspecified atom stereocenters. The molecule has 2 rings (SSSR count). The van der Waals surface area contributed by atoms with E-state index in [4.69, 9.17) is 14.6 Å². The van der Waals surface area contributed by atoms with E-state index in [0.29, 0.717) is 28.7 Å². The van der Waals surface area contributed by atoms with E-state index >= 15 is 0 Å². The Hall–Kier alpha value is -4.34. The van der Waals surface area contributed by atoms with E-state index in [1.54, 1.807) is 43.5 Å². The fraction of sp³-hybridized carbons (Fsp3) is 0.250. The molecule has 0 aliphatic rings. The van der Waals surface area contributed by atoms with Gasteiger partial charge < -0.3 is 19.9 Å². The van der Waals surface area contributed by atoms with Gasteiger partial charge in [-0.15, -0.1) is 0 Å². The van der Waals surface area contributed by atoms with Crippen LogP contribution in [0.25, 0.3) is 0 Å². The molecule has 34 heavy (non-hydrogen) atoms. The fourth-order valence-corrected chi connectivity index (χ4v) is 3.07. The first-order valence-corrected chi connectivity index (χ1v) is 10.4. The third-order valence-corrected chi connectivity index (χ3v) is 4.84. The van der Waals surface area contributed by atoms with Crippen molar-refractivity contribution in [3.8, 4) is 11.5 Å². The Bertz CT molecular complexity index is 1080. The van der Waals surface area contributed by atoms with Gasteiger partial charge >= 0.3 is 5.97 Å². The van der Waals surface area contributed by atoms with E-state index < -0.39 is 17.8 Å². The number of carboxylic acids is 1. The van der Waals surface area contributed by atoms with Crippen LogP contribution in [0.15, 0.2) is 54.6 Å². The summed E-state index contributed by atoms with van der Waals surface area (Å²) in [5, 5.41) is 11.4. The van der Waals surface area contributed by atoms with Gasteiger partial charge in [0.1, 0.15) is 0 Å². The summed E-state index contributed by atoms with van der Waals surface area (Å²) in [4.78, 5) is 46.8. The summed E-state index contributed by atoms with van der Waals surface area (Å²) in [6, 6.07) is 12.0. The van der Waals surface area contributed by atoms with Gasteiger partial charge in [-0.2, -0.15) is 0 Å². The van der Waals surface area contributed by atoms with E-state index in [1.165, 1.54) is 7.11 Å². The zero-order valence-electron chi connectivity index (χ0n) is 19.1. The number of methoxy groups -OCH3 is 2. The molecule has 1 atom stereocenters. The molecule has 0 heterocycles. The van der Waals surface area contributed by atoms with Crippen molar-refractivity contribution in [3.63, 3.8) is 0 Å². The maximum absolute atomic E-state index is 12.9. The highest BCUT2D eigenvalue weighted by atomic mass is 16.5. The molecular weight excluding hydrogens is 442 g/mol. The number of hydrogen-bond acceptors (Lipinski definition) is 6. The molecule has 180 valence electrons. The highest BCUT2D eigenvalue weighted by molar-refractivity contribution is 5.96. The van der Waals surface area contributed by atoms with Crippen LogP contribution in [-0.4, -0.2) is 43.0 Å². The van der Waals surface area contributed by atoms with Crippen molar-refractivity contribution >= 4 is 23.7 Å². The van der Waals surface area contributed by atoms with Crippen molar-refractivity contribution < 1.29 is 33.8 Å². The molecule has 0 saturated carbocycles. The number of carbonyl (C=O) groups is 4. The molecule has 0 fully saturated rings. The van der Waals surface area contributed by atoms with Gasteiger partial charge in [-0.3, -0.25) is 25.2 Å². The first-order chi connectivity index (χ1) is 16.2. The molecule has 10 nitrogen and oxygen atoms in total. The third-order valence-electron chi connectivity index (χ3n) is 4.84. The summed E-state index contributed by atoms with van der Waals surface area (Å²) in [6.07, 6.45) is 1.68. The fourth-order valence-electron chi connectivity index (χ4n) is 3.07. The van der Waals surface area contributed by atoms with Crippen molar-refractivity contribution in [1.82, 2.24) is 16.2 Å². The predicted molar refractivity (Wildman–Crippen MR) is 123 cm³/mol. The van der Waals surface area contributed by atoms with Crippen LogP contribution in [-0.2, 0) is 20.8 Å². The lowest BCUT2D eigenvalue weighted by atomic mass is 10.0. The number of rotatable bonds is 10. The zero-order valence-corrected chi connectivity index (χ0v) is 19.1. The van der Waals surface area contributed by atoms with Crippen molar-refractivity contribution in [2.75, 3.05) is 14.2 Å². The van der Waals surface area contributed by atoms with E-state index in [1.807, 2.05) is 13.0 Å². The number of nitrogens with one attached hydrogen (secondary N) is 3. The van der Waals surface area contributed by atoms with E-state index in [9.17, 15) is 19.2 Å². The molecule has 0 bridgehead atoms. The number of benzene rings is 2. The average Bonchev–Trinajstić information content (AvgIpc) is 2.84. The number of ether oxygens (including phenoxy) is 2. The Labute approximate surface area is 196 Å². The van der Waals surface area contributed by atoms with Crippen LogP contribution in [0.4, 0.5) is 0 Å². The lowest BCUT2D eigenvalue weighted by Gasteiger charge is -2.18. The van der Waals surface area contributed by atoms with Gasteiger partial charge in [0.25, 0.3) is 11.8 Å². The van der Waals surface area contributed by atoms with Gasteiger partial charge in [-0.1, -0.05) is 24.3 Å². The molecule has 0 spiro atoms. The molecule has 0 aliphatic carbocycles. The average molecular weight is 469 g/mol. The highest BCUT2D eigenvalue weighted by Crippen LogP contribution is 2.30. The molecular formula is C24H27N3O7. The Morgan fingerprint density at radius 3 is 2.35 bits per heavy atom. The van der Waals surface area contributed by atoms with Crippen LogP contribution in [0.3, 0.4) is 0 Å². The first-order valence-electron chi connectivity index (χ1n) is 10.4. The van der Waals surface area contributed by atoms with Crippen LogP contribution in [0.1, 0.15) is 40.9 Å². The van der Waals surface area contributed by atoms with Gasteiger partial charge in [0.15, 0.2) is 11.5 Å². The van der Waals surface area contributed by atoms with Crippen LogP contribution < -0.4 is 25.6 Å². The normalized spacial score (nSPS) is 11.4. The Morgan fingerprint density at radius 1 is 0.971 bits per heavy atom.